The number of aromatic nitrogens is 2. The third-order valence-corrected chi connectivity index (χ3v) is 9.80. The number of fused-ring (bicyclic) bond motifs is 2. The Labute approximate surface area is 281 Å². The van der Waals surface area contributed by atoms with Crippen LogP contribution in [0.1, 0.15) is 30.5 Å². The van der Waals surface area contributed by atoms with Crippen LogP contribution in [0.15, 0.2) is 79.4 Å². The highest BCUT2D eigenvalue weighted by Crippen LogP contribution is 2.38. The van der Waals surface area contributed by atoms with Gasteiger partial charge in [-0.3, -0.25) is 4.79 Å². The number of hydrogen-bond acceptors (Lipinski definition) is 9. The fourth-order valence-electron chi connectivity index (χ4n) is 7.22. The Morgan fingerprint density at radius 1 is 1.00 bits per heavy atom. The summed E-state index contributed by atoms with van der Waals surface area (Å²) in [5, 5.41) is 11.9. The lowest BCUT2D eigenvalue weighted by atomic mass is 10.0. The fourth-order valence-corrected chi connectivity index (χ4v) is 7.22. The molecule has 0 saturated carbocycles. The number of likely N-dealkylation sites (tertiary alicyclic amines) is 1. The monoisotopic (exact) mass is 643 g/mol. The van der Waals surface area contributed by atoms with Gasteiger partial charge in [-0.2, -0.15) is 15.2 Å². The van der Waals surface area contributed by atoms with E-state index >= 15 is 0 Å². The van der Waals surface area contributed by atoms with Gasteiger partial charge in [0.25, 0.3) is 0 Å². The van der Waals surface area contributed by atoms with E-state index in [9.17, 15) is 10.1 Å². The van der Waals surface area contributed by atoms with Crippen molar-refractivity contribution in [3.05, 3.63) is 90.6 Å². The van der Waals surface area contributed by atoms with Gasteiger partial charge in [-0.1, -0.05) is 49.0 Å². The van der Waals surface area contributed by atoms with E-state index in [1.54, 1.807) is 4.90 Å². The molecule has 7 rings (SSSR count). The van der Waals surface area contributed by atoms with E-state index < -0.39 is 0 Å². The molecule has 0 spiro atoms. The summed E-state index contributed by atoms with van der Waals surface area (Å²) in [7, 11) is 2.14. The first kappa shape index (κ1) is 31.5. The zero-order valence-corrected chi connectivity index (χ0v) is 27.4. The van der Waals surface area contributed by atoms with Crippen LogP contribution in [0.2, 0.25) is 0 Å². The summed E-state index contributed by atoms with van der Waals surface area (Å²) in [5.74, 6) is 2.27. The molecule has 2 saturated heterocycles. The van der Waals surface area contributed by atoms with E-state index in [0.717, 1.165) is 77.4 Å². The number of hydrogen-bond donors (Lipinski definition) is 0. The largest absolute Gasteiger partial charge is 0.462 e. The quantitative estimate of drug-likeness (QED) is 0.217. The summed E-state index contributed by atoms with van der Waals surface area (Å²) in [4.78, 5) is 31.3. The molecule has 3 aliphatic heterocycles. The van der Waals surface area contributed by atoms with E-state index in [0.29, 0.717) is 44.8 Å². The zero-order chi connectivity index (χ0) is 33.0. The number of carbonyl (C=O) groups excluding carboxylic acids is 1. The van der Waals surface area contributed by atoms with Gasteiger partial charge < -0.3 is 29.1 Å². The molecule has 1 unspecified atom stereocenters. The van der Waals surface area contributed by atoms with Crippen molar-refractivity contribution in [1.82, 2.24) is 19.8 Å². The Balaban J connectivity index is 1.23. The van der Waals surface area contributed by atoms with E-state index in [2.05, 4.69) is 70.8 Å². The van der Waals surface area contributed by atoms with E-state index in [1.807, 2.05) is 30.3 Å². The van der Waals surface area contributed by atoms with Crippen molar-refractivity contribution in [3.63, 3.8) is 0 Å². The minimum atomic E-state index is -0.254. The molecule has 48 heavy (non-hydrogen) atoms. The molecule has 0 N–H and O–H groups in total. The second kappa shape index (κ2) is 13.9. The summed E-state index contributed by atoms with van der Waals surface area (Å²) in [6, 6.07) is 25.2. The maximum atomic E-state index is 12.6. The standard InChI is InChI=1S/C38H41N7O3/c1-3-36(46)45-21-20-44(24-28(45)15-17-39)37-33-16-19-43(25-34(33)40-38(41-37)47-26-29-11-9-18-42(29)2)35-23-31(48-30-12-5-4-6-13-30)22-27-10-7-8-14-32(27)35/h3-8,10,12-14,22-23,28-29H,1,9,11,15-16,18-21,24-26H2,2H3/t28?,29-/m1/s1. The molecular weight excluding hydrogens is 602 g/mol. The molecule has 2 fully saturated rings. The first-order valence-electron chi connectivity index (χ1n) is 16.8. The van der Waals surface area contributed by atoms with E-state index in [4.69, 9.17) is 19.4 Å². The summed E-state index contributed by atoms with van der Waals surface area (Å²) in [6.07, 6.45) is 4.55. The van der Waals surface area contributed by atoms with Crippen LogP contribution in [0.5, 0.6) is 17.5 Å². The van der Waals surface area contributed by atoms with Crippen LogP contribution in [0.3, 0.4) is 0 Å². The number of amides is 1. The van der Waals surface area contributed by atoms with Gasteiger partial charge in [0, 0.05) is 54.9 Å². The maximum absolute atomic E-state index is 12.6. The number of ether oxygens (including phenoxy) is 2. The molecule has 1 amide bonds. The van der Waals surface area contributed by atoms with Crippen molar-refractivity contribution in [2.75, 3.05) is 56.2 Å². The number of para-hydroxylation sites is 1. The Bertz CT molecular complexity index is 1840. The van der Waals surface area contributed by atoms with Gasteiger partial charge >= 0.3 is 6.01 Å². The van der Waals surface area contributed by atoms with Crippen LogP contribution >= 0.6 is 0 Å². The van der Waals surface area contributed by atoms with Crippen LogP contribution in [-0.2, 0) is 17.8 Å². The Hall–Kier alpha value is -5.14. The first-order chi connectivity index (χ1) is 23.5. The number of carbonyl (C=O) groups is 1. The van der Waals surface area contributed by atoms with Gasteiger partial charge in [-0.15, -0.1) is 0 Å². The van der Waals surface area contributed by atoms with Gasteiger partial charge in [-0.05, 0) is 62.5 Å². The molecule has 246 valence electrons. The third-order valence-electron chi connectivity index (χ3n) is 9.80. The number of anilines is 2. The Morgan fingerprint density at radius 2 is 1.83 bits per heavy atom. The SMILES string of the molecule is C=CC(=O)N1CCN(c2nc(OC[C@H]3CCCN3C)nc3c2CCN(c2cc(Oc4ccccc4)cc4ccccc24)C3)CC1CC#N. The van der Waals surface area contributed by atoms with E-state index in [-0.39, 0.29) is 18.4 Å². The van der Waals surface area contributed by atoms with Crippen LogP contribution in [-0.4, -0.2) is 84.1 Å². The fraction of sp³-hybridized carbons (Fsp3) is 0.368. The summed E-state index contributed by atoms with van der Waals surface area (Å²) in [6.45, 7) is 8.22. The molecule has 4 heterocycles. The molecule has 1 aromatic heterocycles. The van der Waals surface area contributed by atoms with Crippen LogP contribution < -0.4 is 19.3 Å². The Morgan fingerprint density at radius 3 is 2.62 bits per heavy atom. The smallest absolute Gasteiger partial charge is 0.318 e. The van der Waals surface area contributed by atoms with Crippen molar-refractivity contribution in [2.24, 2.45) is 0 Å². The second-order valence-electron chi connectivity index (χ2n) is 12.8. The van der Waals surface area contributed by atoms with Crippen LogP contribution in [0.4, 0.5) is 11.5 Å². The number of rotatable bonds is 9. The van der Waals surface area contributed by atoms with Gasteiger partial charge in [0.2, 0.25) is 5.91 Å². The normalized spacial score (nSPS) is 19.5. The van der Waals surface area contributed by atoms with Crippen molar-refractivity contribution < 1.29 is 14.3 Å². The van der Waals surface area contributed by atoms with Gasteiger partial charge in [0.1, 0.15) is 23.9 Å². The topological polar surface area (TPSA) is 98.1 Å². The van der Waals surface area contributed by atoms with Crippen molar-refractivity contribution >= 4 is 28.2 Å². The molecule has 0 aliphatic carbocycles. The molecule has 3 aromatic carbocycles. The van der Waals surface area contributed by atoms with Crippen LogP contribution in [0, 0.1) is 11.3 Å². The highest BCUT2D eigenvalue weighted by Gasteiger charge is 2.34. The second-order valence-corrected chi connectivity index (χ2v) is 12.8. The molecular formula is C38H41N7O3. The number of nitrogens with zero attached hydrogens (tertiary/aromatic N) is 7. The molecule has 2 atom stereocenters. The van der Waals surface area contributed by atoms with Crippen molar-refractivity contribution in [2.45, 2.75) is 44.3 Å². The third kappa shape index (κ3) is 6.51. The minimum Gasteiger partial charge on any atom is -0.462 e. The first-order valence-corrected chi connectivity index (χ1v) is 16.8. The molecule has 0 bridgehead atoms. The lowest BCUT2D eigenvalue weighted by Crippen LogP contribution is -2.55. The number of likely N-dealkylation sites (N-methyl/N-ethyl adjacent to an activating group) is 1. The number of nitriles is 1. The van der Waals surface area contributed by atoms with Gasteiger partial charge in [0.15, 0.2) is 0 Å². The summed E-state index contributed by atoms with van der Waals surface area (Å²) < 4.78 is 12.7. The average molecular weight is 644 g/mol. The molecule has 3 aliphatic rings. The predicted molar refractivity (Wildman–Crippen MR) is 187 cm³/mol. The van der Waals surface area contributed by atoms with Gasteiger partial charge in [0.05, 0.1) is 30.8 Å². The number of benzene rings is 3. The highest BCUT2D eigenvalue weighted by molar-refractivity contribution is 5.96. The highest BCUT2D eigenvalue weighted by atomic mass is 16.5. The number of piperazine rings is 1. The molecule has 10 heteroatoms. The Kier molecular flexibility index (Phi) is 9.12. The predicted octanol–water partition coefficient (Wildman–Crippen LogP) is 5.57. The van der Waals surface area contributed by atoms with Crippen LogP contribution in [0.25, 0.3) is 10.8 Å². The summed E-state index contributed by atoms with van der Waals surface area (Å²) >= 11 is 0. The van der Waals surface area contributed by atoms with Crippen molar-refractivity contribution in [1.29, 1.82) is 5.26 Å². The molecule has 4 aromatic rings. The van der Waals surface area contributed by atoms with Crippen molar-refractivity contribution in [3.8, 4) is 23.6 Å². The molecule has 10 nitrogen and oxygen atoms in total. The maximum Gasteiger partial charge on any atom is 0.318 e. The summed E-state index contributed by atoms with van der Waals surface area (Å²) in [5.41, 5.74) is 3.11. The van der Waals surface area contributed by atoms with Gasteiger partial charge in [-0.25, -0.2) is 0 Å². The zero-order valence-electron chi connectivity index (χ0n) is 27.4. The minimum absolute atomic E-state index is 0.148. The van der Waals surface area contributed by atoms with E-state index in [1.165, 1.54) is 6.08 Å². The average Bonchev–Trinajstić information content (AvgIpc) is 3.54. The lowest BCUT2D eigenvalue weighted by Gasteiger charge is -2.42. The molecule has 0 radical (unpaired) electrons. The lowest BCUT2D eigenvalue weighted by molar-refractivity contribution is -0.128.